The van der Waals surface area contributed by atoms with E-state index in [1.807, 2.05) is 18.5 Å². The van der Waals surface area contributed by atoms with Gasteiger partial charge in [0.25, 0.3) is 0 Å². The molecule has 2 heterocycles. The van der Waals surface area contributed by atoms with Crippen LogP contribution in [0.15, 0.2) is 48.9 Å². The third kappa shape index (κ3) is 4.72. The van der Waals surface area contributed by atoms with Gasteiger partial charge in [0.1, 0.15) is 5.02 Å². The zero-order chi connectivity index (χ0) is 21.2. The van der Waals surface area contributed by atoms with E-state index < -0.39 is 0 Å². The summed E-state index contributed by atoms with van der Waals surface area (Å²) in [7, 11) is 1.60. The summed E-state index contributed by atoms with van der Waals surface area (Å²) in [6.45, 7) is 1.01. The second kappa shape index (κ2) is 8.91. The Labute approximate surface area is 188 Å². The molecule has 0 amide bonds. The van der Waals surface area contributed by atoms with Crippen LogP contribution in [0, 0.1) is 5.92 Å². The Hall–Kier alpha value is -2.53. The molecule has 6 heteroatoms. The summed E-state index contributed by atoms with van der Waals surface area (Å²) in [4.78, 5) is 4.34. The fraction of sp³-hybridized carbons (Fsp3) is 0.440. The average Bonchev–Trinajstić information content (AvgIpc) is 3.54. The van der Waals surface area contributed by atoms with Crippen molar-refractivity contribution in [2.24, 2.45) is 5.92 Å². The fourth-order valence-corrected chi connectivity index (χ4v) is 4.86. The first-order chi connectivity index (χ1) is 15.2. The van der Waals surface area contributed by atoms with Gasteiger partial charge in [0.2, 0.25) is 5.88 Å². The van der Waals surface area contributed by atoms with Crippen LogP contribution >= 0.6 is 11.6 Å². The Bertz CT molecular complexity index is 1040. The molecule has 0 saturated heterocycles. The Balaban J connectivity index is 1.15. The number of benzene rings is 1. The lowest BCUT2D eigenvalue weighted by molar-refractivity contribution is 0.337. The van der Waals surface area contributed by atoms with Crippen molar-refractivity contribution in [3.8, 4) is 17.0 Å². The van der Waals surface area contributed by atoms with Gasteiger partial charge in [-0.25, -0.2) is 4.98 Å². The van der Waals surface area contributed by atoms with Gasteiger partial charge in [-0.3, -0.25) is 4.68 Å². The summed E-state index contributed by atoms with van der Waals surface area (Å²) in [5.41, 5.74) is 4.84. The van der Waals surface area contributed by atoms with Gasteiger partial charge >= 0.3 is 0 Å². The third-order valence-corrected chi connectivity index (χ3v) is 6.92. The molecule has 31 heavy (non-hydrogen) atoms. The maximum Gasteiger partial charge on any atom is 0.232 e. The molecule has 0 unspecified atom stereocenters. The molecule has 0 atom stereocenters. The predicted octanol–water partition coefficient (Wildman–Crippen LogP) is 6.33. The van der Waals surface area contributed by atoms with Crippen molar-refractivity contribution in [2.45, 2.75) is 50.5 Å². The maximum atomic E-state index is 6.27. The van der Waals surface area contributed by atoms with Gasteiger partial charge in [-0.05, 0) is 79.7 Å². The summed E-state index contributed by atoms with van der Waals surface area (Å²) in [6.07, 6.45) is 13.4. The Morgan fingerprint density at radius 3 is 2.65 bits per heavy atom. The van der Waals surface area contributed by atoms with Gasteiger partial charge in [0.05, 0.1) is 19.3 Å². The smallest absolute Gasteiger partial charge is 0.232 e. The van der Waals surface area contributed by atoms with Crippen LogP contribution < -0.4 is 10.1 Å². The first-order valence-electron chi connectivity index (χ1n) is 11.3. The predicted molar refractivity (Wildman–Crippen MR) is 125 cm³/mol. The molecule has 0 spiro atoms. The molecule has 0 aliphatic heterocycles. The van der Waals surface area contributed by atoms with Crippen molar-refractivity contribution in [1.29, 1.82) is 0 Å². The molecular weight excluding hydrogens is 408 g/mol. The van der Waals surface area contributed by atoms with E-state index in [0.29, 0.717) is 28.8 Å². The van der Waals surface area contributed by atoms with Gasteiger partial charge in [-0.2, -0.15) is 5.10 Å². The van der Waals surface area contributed by atoms with Gasteiger partial charge in [-0.1, -0.05) is 23.7 Å². The largest absolute Gasteiger partial charge is 0.480 e. The van der Waals surface area contributed by atoms with E-state index in [2.05, 4.69) is 50.5 Å². The third-order valence-electron chi connectivity index (χ3n) is 6.65. The van der Waals surface area contributed by atoms with Crippen LogP contribution in [0.5, 0.6) is 5.88 Å². The molecular formula is C25H29ClN4O. The molecule has 2 aliphatic carbocycles. The first kappa shape index (κ1) is 20.4. The molecule has 2 aliphatic rings. The summed E-state index contributed by atoms with van der Waals surface area (Å²) in [5, 5.41) is 8.80. The van der Waals surface area contributed by atoms with Crippen LogP contribution in [0.1, 0.15) is 56.0 Å². The van der Waals surface area contributed by atoms with Crippen LogP contribution in [0.3, 0.4) is 0 Å². The molecule has 0 radical (unpaired) electrons. The molecule has 2 saturated carbocycles. The van der Waals surface area contributed by atoms with Gasteiger partial charge < -0.3 is 10.1 Å². The van der Waals surface area contributed by atoms with Crippen LogP contribution in [0.2, 0.25) is 5.02 Å². The number of methoxy groups -OCH3 is 1. The Morgan fingerprint density at radius 2 is 1.90 bits per heavy atom. The Kier molecular flexibility index (Phi) is 5.86. The number of hydrogen-bond acceptors (Lipinski definition) is 4. The summed E-state index contributed by atoms with van der Waals surface area (Å²) < 4.78 is 7.28. The highest BCUT2D eigenvalue weighted by atomic mass is 35.5. The number of halogens is 1. The SMILES string of the molecule is COc1ncc(C2CCC(CNc3cccc(-c4cnn(C5CC5)c4)c3)CC2)cc1Cl. The van der Waals surface area contributed by atoms with Crippen molar-refractivity contribution < 1.29 is 4.74 Å². The van der Waals surface area contributed by atoms with E-state index in [9.17, 15) is 0 Å². The highest BCUT2D eigenvalue weighted by Gasteiger charge is 2.25. The minimum atomic E-state index is 0.505. The minimum Gasteiger partial charge on any atom is -0.480 e. The standard InChI is InChI=1S/C25H29ClN4O/c1-31-25-24(26)12-20(14-28-25)18-7-5-17(6-8-18)13-27-22-4-2-3-19(11-22)21-15-29-30(16-21)23-9-10-23/h2-4,11-12,14-18,23,27H,5-10,13H2,1H3. The van der Waals surface area contributed by atoms with E-state index in [4.69, 9.17) is 16.3 Å². The van der Waals surface area contributed by atoms with E-state index in [1.54, 1.807) is 7.11 Å². The van der Waals surface area contributed by atoms with Crippen molar-refractivity contribution in [3.05, 3.63) is 59.5 Å². The lowest BCUT2D eigenvalue weighted by Gasteiger charge is -2.29. The molecule has 1 aromatic carbocycles. The zero-order valence-electron chi connectivity index (χ0n) is 17.9. The molecule has 5 nitrogen and oxygen atoms in total. The molecule has 162 valence electrons. The lowest BCUT2D eigenvalue weighted by atomic mass is 9.79. The summed E-state index contributed by atoms with van der Waals surface area (Å²) in [5.74, 6) is 1.74. The quantitative estimate of drug-likeness (QED) is 0.470. The molecule has 2 aromatic heterocycles. The van der Waals surface area contributed by atoms with Crippen LogP contribution in [-0.2, 0) is 0 Å². The normalized spacial score (nSPS) is 21.1. The van der Waals surface area contributed by atoms with E-state index >= 15 is 0 Å². The van der Waals surface area contributed by atoms with Gasteiger partial charge in [-0.15, -0.1) is 0 Å². The minimum absolute atomic E-state index is 0.505. The van der Waals surface area contributed by atoms with E-state index in [0.717, 1.165) is 6.54 Å². The number of anilines is 1. The molecule has 3 aromatic rings. The van der Waals surface area contributed by atoms with Crippen molar-refractivity contribution in [1.82, 2.24) is 14.8 Å². The second-order valence-corrected chi connectivity index (χ2v) is 9.29. The Morgan fingerprint density at radius 1 is 1.06 bits per heavy atom. The topological polar surface area (TPSA) is 52.0 Å². The average molecular weight is 437 g/mol. The van der Waals surface area contributed by atoms with Gasteiger partial charge in [0.15, 0.2) is 0 Å². The summed E-state index contributed by atoms with van der Waals surface area (Å²) >= 11 is 6.27. The number of rotatable bonds is 7. The van der Waals surface area contributed by atoms with Crippen LogP contribution in [-0.4, -0.2) is 28.4 Å². The molecule has 0 bridgehead atoms. The van der Waals surface area contributed by atoms with Crippen molar-refractivity contribution in [3.63, 3.8) is 0 Å². The fourth-order valence-electron chi connectivity index (χ4n) is 4.61. The van der Waals surface area contributed by atoms with Crippen molar-refractivity contribution >= 4 is 17.3 Å². The number of pyridine rings is 1. The van der Waals surface area contributed by atoms with Gasteiger partial charge in [0, 0.05) is 30.2 Å². The number of aromatic nitrogens is 3. The number of nitrogens with zero attached hydrogens (tertiary/aromatic N) is 3. The highest BCUT2D eigenvalue weighted by Crippen LogP contribution is 2.38. The summed E-state index contributed by atoms with van der Waals surface area (Å²) in [6, 6.07) is 11.3. The first-order valence-corrected chi connectivity index (χ1v) is 11.7. The van der Waals surface area contributed by atoms with Crippen molar-refractivity contribution in [2.75, 3.05) is 19.0 Å². The van der Waals surface area contributed by atoms with E-state index in [-0.39, 0.29) is 0 Å². The molecule has 2 fully saturated rings. The lowest BCUT2D eigenvalue weighted by Crippen LogP contribution is -2.20. The number of hydrogen-bond donors (Lipinski definition) is 1. The van der Waals surface area contributed by atoms with Crippen LogP contribution in [0.25, 0.3) is 11.1 Å². The highest BCUT2D eigenvalue weighted by molar-refractivity contribution is 6.31. The van der Waals surface area contributed by atoms with E-state index in [1.165, 1.54) is 60.9 Å². The molecule has 1 N–H and O–H groups in total. The number of ether oxygens (including phenoxy) is 1. The molecule has 5 rings (SSSR count). The maximum absolute atomic E-state index is 6.27. The monoisotopic (exact) mass is 436 g/mol. The van der Waals surface area contributed by atoms with Crippen LogP contribution in [0.4, 0.5) is 5.69 Å². The second-order valence-electron chi connectivity index (χ2n) is 8.88. The zero-order valence-corrected chi connectivity index (χ0v) is 18.7. The number of nitrogens with one attached hydrogen (secondary N) is 1.